The maximum absolute atomic E-state index is 9.15. The SMILES string of the molecule is CNC1CC(C)CC(C)C1CN1CCCC(CCO)C1. The van der Waals surface area contributed by atoms with Crippen molar-refractivity contribution in [3.05, 3.63) is 0 Å². The highest BCUT2D eigenvalue weighted by Gasteiger charge is 2.34. The summed E-state index contributed by atoms with van der Waals surface area (Å²) in [5.41, 5.74) is 0. The second-order valence-electron chi connectivity index (χ2n) is 7.39. The van der Waals surface area contributed by atoms with E-state index in [0.29, 0.717) is 12.6 Å². The fourth-order valence-electron chi connectivity index (χ4n) is 4.58. The second kappa shape index (κ2) is 7.77. The molecule has 0 radical (unpaired) electrons. The van der Waals surface area contributed by atoms with Crippen LogP contribution >= 0.6 is 0 Å². The summed E-state index contributed by atoms with van der Waals surface area (Å²) in [6.45, 7) is 8.91. The molecule has 20 heavy (non-hydrogen) atoms. The van der Waals surface area contributed by atoms with Crippen LogP contribution in [0.1, 0.15) is 46.0 Å². The van der Waals surface area contributed by atoms with E-state index in [-0.39, 0.29) is 0 Å². The molecule has 1 aliphatic carbocycles. The van der Waals surface area contributed by atoms with E-state index < -0.39 is 0 Å². The Morgan fingerprint density at radius 3 is 2.75 bits per heavy atom. The van der Waals surface area contributed by atoms with E-state index in [2.05, 4.69) is 31.1 Å². The zero-order valence-electron chi connectivity index (χ0n) is 13.6. The molecule has 5 unspecified atom stereocenters. The smallest absolute Gasteiger partial charge is 0.0434 e. The Balaban J connectivity index is 1.89. The first-order chi connectivity index (χ1) is 9.63. The lowest BCUT2D eigenvalue weighted by molar-refractivity contribution is 0.0749. The molecule has 0 aromatic rings. The van der Waals surface area contributed by atoms with Gasteiger partial charge in [0.1, 0.15) is 0 Å². The van der Waals surface area contributed by atoms with Crippen molar-refractivity contribution in [2.75, 3.05) is 33.3 Å². The van der Waals surface area contributed by atoms with Gasteiger partial charge in [-0.2, -0.15) is 0 Å². The highest BCUT2D eigenvalue weighted by molar-refractivity contribution is 4.89. The number of piperidine rings is 1. The minimum absolute atomic E-state index is 0.356. The first-order valence-corrected chi connectivity index (χ1v) is 8.64. The topological polar surface area (TPSA) is 35.5 Å². The quantitative estimate of drug-likeness (QED) is 0.812. The Hall–Kier alpha value is -0.120. The van der Waals surface area contributed by atoms with Crippen LogP contribution in [0.4, 0.5) is 0 Å². The highest BCUT2D eigenvalue weighted by Crippen LogP contribution is 2.35. The molecule has 1 saturated carbocycles. The lowest BCUT2D eigenvalue weighted by Gasteiger charge is -2.43. The number of aliphatic hydroxyl groups excluding tert-OH is 1. The Bertz CT molecular complexity index is 282. The van der Waals surface area contributed by atoms with Crippen molar-refractivity contribution in [3.63, 3.8) is 0 Å². The van der Waals surface area contributed by atoms with E-state index in [1.165, 1.54) is 45.3 Å². The Morgan fingerprint density at radius 2 is 2.05 bits per heavy atom. The summed E-state index contributed by atoms with van der Waals surface area (Å²) < 4.78 is 0. The zero-order valence-corrected chi connectivity index (χ0v) is 13.6. The lowest BCUT2D eigenvalue weighted by atomic mass is 9.72. The molecule has 3 nitrogen and oxygen atoms in total. The molecule has 0 spiro atoms. The first kappa shape index (κ1) is 16.3. The summed E-state index contributed by atoms with van der Waals surface area (Å²) in [7, 11) is 2.13. The normalized spacial score (nSPS) is 39.9. The summed E-state index contributed by atoms with van der Waals surface area (Å²) >= 11 is 0. The van der Waals surface area contributed by atoms with Gasteiger partial charge in [-0.05, 0) is 69.4 Å². The molecule has 0 amide bonds. The molecule has 1 aliphatic heterocycles. The third kappa shape index (κ3) is 4.19. The summed E-state index contributed by atoms with van der Waals surface area (Å²) in [4.78, 5) is 2.67. The van der Waals surface area contributed by atoms with Crippen molar-refractivity contribution >= 4 is 0 Å². The van der Waals surface area contributed by atoms with Crippen molar-refractivity contribution in [2.24, 2.45) is 23.7 Å². The number of hydrogen-bond donors (Lipinski definition) is 2. The Kier molecular flexibility index (Phi) is 6.31. The van der Waals surface area contributed by atoms with E-state index in [1.54, 1.807) is 0 Å². The van der Waals surface area contributed by atoms with Crippen LogP contribution in [-0.2, 0) is 0 Å². The summed E-state index contributed by atoms with van der Waals surface area (Å²) in [6, 6.07) is 0.687. The predicted octanol–water partition coefficient (Wildman–Crippen LogP) is 2.35. The molecule has 1 heterocycles. The standard InChI is InChI=1S/C17H34N2O/c1-13-9-14(2)16(17(10-13)18-3)12-19-7-4-5-15(11-19)6-8-20/h13-18,20H,4-12H2,1-3H3. The molecule has 1 saturated heterocycles. The van der Waals surface area contributed by atoms with Crippen molar-refractivity contribution in [1.82, 2.24) is 10.2 Å². The van der Waals surface area contributed by atoms with E-state index in [9.17, 15) is 0 Å². The average molecular weight is 282 g/mol. The van der Waals surface area contributed by atoms with Crippen LogP contribution in [0.5, 0.6) is 0 Å². The van der Waals surface area contributed by atoms with E-state index in [4.69, 9.17) is 5.11 Å². The molecule has 5 atom stereocenters. The van der Waals surface area contributed by atoms with Gasteiger partial charge in [-0.15, -0.1) is 0 Å². The summed E-state index contributed by atoms with van der Waals surface area (Å²) in [5.74, 6) is 3.21. The molecule has 2 N–H and O–H groups in total. The summed E-state index contributed by atoms with van der Waals surface area (Å²) in [5, 5.41) is 12.7. The van der Waals surface area contributed by atoms with Crippen LogP contribution in [0.25, 0.3) is 0 Å². The number of nitrogens with one attached hydrogen (secondary N) is 1. The van der Waals surface area contributed by atoms with Crippen LogP contribution in [-0.4, -0.2) is 49.3 Å². The zero-order chi connectivity index (χ0) is 14.5. The van der Waals surface area contributed by atoms with Gasteiger partial charge in [-0.3, -0.25) is 0 Å². The van der Waals surface area contributed by atoms with Gasteiger partial charge < -0.3 is 15.3 Å². The molecule has 0 aromatic carbocycles. The van der Waals surface area contributed by atoms with Gasteiger partial charge >= 0.3 is 0 Å². The van der Waals surface area contributed by atoms with Crippen LogP contribution in [0.3, 0.4) is 0 Å². The molecule has 2 rings (SSSR count). The average Bonchev–Trinajstić information content (AvgIpc) is 2.42. The second-order valence-corrected chi connectivity index (χ2v) is 7.39. The van der Waals surface area contributed by atoms with Crippen LogP contribution in [0, 0.1) is 23.7 Å². The van der Waals surface area contributed by atoms with Gasteiger partial charge in [0.2, 0.25) is 0 Å². The number of likely N-dealkylation sites (tertiary alicyclic amines) is 1. The Labute approximate surface area is 125 Å². The minimum Gasteiger partial charge on any atom is -0.396 e. The molecule has 2 aliphatic rings. The maximum Gasteiger partial charge on any atom is 0.0434 e. The lowest BCUT2D eigenvalue weighted by Crippen LogP contribution is -2.49. The van der Waals surface area contributed by atoms with Crippen molar-refractivity contribution in [2.45, 2.75) is 52.0 Å². The monoisotopic (exact) mass is 282 g/mol. The van der Waals surface area contributed by atoms with Gasteiger partial charge in [0.05, 0.1) is 0 Å². The van der Waals surface area contributed by atoms with Crippen molar-refractivity contribution < 1.29 is 5.11 Å². The predicted molar refractivity (Wildman–Crippen MR) is 84.8 cm³/mol. The maximum atomic E-state index is 9.15. The van der Waals surface area contributed by atoms with Crippen molar-refractivity contribution in [1.29, 1.82) is 0 Å². The van der Waals surface area contributed by atoms with Crippen molar-refractivity contribution in [3.8, 4) is 0 Å². The van der Waals surface area contributed by atoms with E-state index >= 15 is 0 Å². The molecular weight excluding hydrogens is 248 g/mol. The largest absolute Gasteiger partial charge is 0.396 e. The molecule has 0 bridgehead atoms. The number of hydrogen-bond acceptors (Lipinski definition) is 3. The van der Waals surface area contributed by atoms with Crippen LogP contribution in [0.2, 0.25) is 0 Å². The first-order valence-electron chi connectivity index (χ1n) is 8.64. The van der Waals surface area contributed by atoms with Gasteiger partial charge in [0, 0.05) is 25.7 Å². The fourth-order valence-corrected chi connectivity index (χ4v) is 4.58. The van der Waals surface area contributed by atoms with E-state index in [0.717, 1.165) is 30.1 Å². The fraction of sp³-hybridized carbons (Fsp3) is 1.00. The third-order valence-electron chi connectivity index (χ3n) is 5.66. The molecule has 3 heteroatoms. The molecule has 2 fully saturated rings. The number of nitrogens with zero attached hydrogens (tertiary/aromatic N) is 1. The molecular formula is C17H34N2O. The van der Waals surface area contributed by atoms with Crippen LogP contribution in [0.15, 0.2) is 0 Å². The third-order valence-corrected chi connectivity index (χ3v) is 5.66. The number of rotatable bonds is 5. The molecule has 118 valence electrons. The molecule has 0 aromatic heterocycles. The summed E-state index contributed by atoms with van der Waals surface area (Å²) in [6.07, 6.45) is 6.33. The van der Waals surface area contributed by atoms with Crippen LogP contribution < -0.4 is 5.32 Å². The number of aliphatic hydroxyl groups is 1. The van der Waals surface area contributed by atoms with Gasteiger partial charge in [-0.1, -0.05) is 13.8 Å². The Morgan fingerprint density at radius 1 is 1.25 bits per heavy atom. The van der Waals surface area contributed by atoms with E-state index in [1.807, 2.05) is 0 Å². The van der Waals surface area contributed by atoms with Gasteiger partial charge in [0.15, 0.2) is 0 Å². The highest BCUT2D eigenvalue weighted by atomic mass is 16.3. The minimum atomic E-state index is 0.356. The van der Waals surface area contributed by atoms with Gasteiger partial charge in [-0.25, -0.2) is 0 Å². The van der Waals surface area contributed by atoms with Gasteiger partial charge in [0.25, 0.3) is 0 Å².